The predicted octanol–water partition coefficient (Wildman–Crippen LogP) is 4.27. The normalized spacial score (nSPS) is 15.4. The van der Waals surface area contributed by atoms with Crippen molar-refractivity contribution in [3.8, 4) is 0 Å². The van der Waals surface area contributed by atoms with Crippen molar-refractivity contribution in [1.29, 1.82) is 0 Å². The Balaban J connectivity index is 1.51. The van der Waals surface area contributed by atoms with Crippen LogP contribution in [0.2, 0.25) is 0 Å². The first kappa shape index (κ1) is 14.9. The third-order valence-electron chi connectivity index (χ3n) is 4.58. The molecule has 3 aromatic rings. The second-order valence-electron chi connectivity index (χ2n) is 6.54. The van der Waals surface area contributed by atoms with Gasteiger partial charge in [0.25, 0.3) is 5.91 Å². The van der Waals surface area contributed by atoms with Crippen LogP contribution in [-0.2, 0) is 6.42 Å². The van der Waals surface area contributed by atoms with E-state index in [9.17, 15) is 4.79 Å². The van der Waals surface area contributed by atoms with Gasteiger partial charge in [-0.2, -0.15) is 0 Å². The summed E-state index contributed by atoms with van der Waals surface area (Å²) in [6.07, 6.45) is 4.78. The van der Waals surface area contributed by atoms with E-state index in [1.165, 1.54) is 24.5 Å². The number of rotatable bonds is 5. The molecule has 4 heteroatoms. The first-order valence-electron chi connectivity index (χ1n) is 8.43. The van der Waals surface area contributed by atoms with Gasteiger partial charge in [-0.05, 0) is 42.0 Å². The van der Waals surface area contributed by atoms with Crippen LogP contribution >= 0.6 is 0 Å². The van der Waals surface area contributed by atoms with E-state index in [2.05, 4.69) is 34.6 Å². The molecule has 0 spiro atoms. The molecule has 0 saturated heterocycles. The van der Waals surface area contributed by atoms with Crippen LogP contribution in [0.5, 0.6) is 0 Å². The first-order valence-corrected chi connectivity index (χ1v) is 8.43. The highest BCUT2D eigenvalue weighted by Gasteiger charge is 2.25. The minimum Gasteiger partial charge on any atom is -0.448 e. The fraction of sp³-hybridized carbons (Fsp3) is 0.300. The molecule has 4 nitrogen and oxygen atoms in total. The molecule has 1 aromatic heterocycles. The summed E-state index contributed by atoms with van der Waals surface area (Å²) in [7, 11) is 0. The van der Waals surface area contributed by atoms with Crippen molar-refractivity contribution in [2.45, 2.75) is 32.2 Å². The van der Waals surface area contributed by atoms with Gasteiger partial charge in [0.05, 0.1) is 6.04 Å². The van der Waals surface area contributed by atoms with Gasteiger partial charge in [-0.3, -0.25) is 4.79 Å². The molecule has 1 saturated carbocycles. The highest BCUT2D eigenvalue weighted by Crippen LogP contribution is 2.32. The maximum absolute atomic E-state index is 12.4. The molecule has 24 heavy (non-hydrogen) atoms. The minimum absolute atomic E-state index is 0.104. The number of oxazole rings is 1. The number of aromatic nitrogens is 1. The van der Waals surface area contributed by atoms with E-state index in [-0.39, 0.29) is 11.9 Å². The molecule has 1 aliphatic rings. The van der Waals surface area contributed by atoms with Crippen molar-refractivity contribution >= 4 is 16.7 Å². The predicted molar refractivity (Wildman–Crippen MR) is 92.8 cm³/mol. The van der Waals surface area contributed by atoms with Crippen molar-refractivity contribution < 1.29 is 9.21 Å². The fourth-order valence-corrected chi connectivity index (χ4v) is 3.05. The lowest BCUT2D eigenvalue weighted by Gasteiger charge is -2.15. The number of nitrogens with zero attached hydrogens (tertiary/aromatic N) is 1. The fourth-order valence-electron chi connectivity index (χ4n) is 3.05. The summed E-state index contributed by atoms with van der Waals surface area (Å²) in [5.41, 5.74) is 1.46. The van der Waals surface area contributed by atoms with Crippen LogP contribution in [0.4, 0.5) is 0 Å². The summed E-state index contributed by atoms with van der Waals surface area (Å²) in [5, 5.41) is 5.35. The summed E-state index contributed by atoms with van der Waals surface area (Å²) in [4.78, 5) is 16.8. The largest absolute Gasteiger partial charge is 0.448 e. The Labute approximate surface area is 140 Å². The van der Waals surface area contributed by atoms with Gasteiger partial charge in [0, 0.05) is 6.42 Å². The van der Waals surface area contributed by atoms with Crippen LogP contribution in [-0.4, -0.2) is 10.9 Å². The molecule has 0 radical (unpaired) electrons. The molecule has 1 aliphatic carbocycles. The van der Waals surface area contributed by atoms with E-state index in [0.717, 1.165) is 17.4 Å². The highest BCUT2D eigenvalue weighted by atomic mass is 16.3. The Kier molecular flexibility index (Phi) is 3.81. The van der Waals surface area contributed by atoms with Gasteiger partial charge >= 0.3 is 0 Å². The van der Waals surface area contributed by atoms with Gasteiger partial charge in [0.2, 0.25) is 0 Å². The Morgan fingerprint density at radius 2 is 2.04 bits per heavy atom. The van der Waals surface area contributed by atoms with Crippen LogP contribution in [0.25, 0.3) is 10.8 Å². The Morgan fingerprint density at radius 1 is 1.25 bits per heavy atom. The van der Waals surface area contributed by atoms with Crippen molar-refractivity contribution in [2.24, 2.45) is 5.92 Å². The first-order chi connectivity index (χ1) is 11.7. The molecule has 1 atom stereocenters. The van der Waals surface area contributed by atoms with Crippen LogP contribution in [0.1, 0.15) is 47.7 Å². The lowest BCUT2D eigenvalue weighted by Crippen LogP contribution is -2.27. The summed E-state index contributed by atoms with van der Waals surface area (Å²) < 4.78 is 5.42. The second kappa shape index (κ2) is 6.11. The highest BCUT2D eigenvalue weighted by molar-refractivity contribution is 5.93. The molecule has 4 rings (SSSR count). The molecular formula is C20H20N2O2. The third-order valence-corrected chi connectivity index (χ3v) is 4.58. The second-order valence-corrected chi connectivity index (χ2v) is 6.54. The maximum Gasteiger partial charge on any atom is 0.273 e. The molecule has 2 aromatic carbocycles. The smallest absolute Gasteiger partial charge is 0.273 e. The lowest BCUT2D eigenvalue weighted by atomic mass is 9.99. The third kappa shape index (κ3) is 3.04. The Hall–Kier alpha value is -2.62. The van der Waals surface area contributed by atoms with E-state index < -0.39 is 0 Å². The molecular weight excluding hydrogens is 300 g/mol. The summed E-state index contributed by atoms with van der Waals surface area (Å²) in [6.45, 7) is 1.99. The summed E-state index contributed by atoms with van der Waals surface area (Å²) in [5.74, 6) is 1.16. The molecule has 1 amide bonds. The number of nitrogens with one attached hydrogen (secondary N) is 1. The van der Waals surface area contributed by atoms with Crippen LogP contribution < -0.4 is 5.32 Å². The van der Waals surface area contributed by atoms with E-state index in [4.69, 9.17) is 4.42 Å². The average Bonchev–Trinajstić information content (AvgIpc) is 3.28. The van der Waals surface area contributed by atoms with Crippen molar-refractivity contribution in [3.63, 3.8) is 0 Å². The topological polar surface area (TPSA) is 55.1 Å². The van der Waals surface area contributed by atoms with E-state index in [0.29, 0.717) is 17.5 Å². The number of fused-ring (bicyclic) bond motifs is 1. The molecule has 0 aliphatic heterocycles. The van der Waals surface area contributed by atoms with Crippen LogP contribution in [0.3, 0.4) is 0 Å². The molecule has 0 bridgehead atoms. The van der Waals surface area contributed by atoms with Gasteiger partial charge < -0.3 is 9.73 Å². The van der Waals surface area contributed by atoms with Gasteiger partial charge in [-0.15, -0.1) is 0 Å². The standard InChI is InChI=1S/C20H20N2O2/c1-13(16-8-4-6-15-5-2-3-7-17(15)16)21-20(23)18-12-24-19(22-18)11-14-9-10-14/h2-8,12-14H,9-11H2,1H3,(H,21,23). The molecule has 1 fully saturated rings. The van der Waals surface area contributed by atoms with E-state index in [1.54, 1.807) is 0 Å². The molecule has 122 valence electrons. The van der Waals surface area contributed by atoms with E-state index >= 15 is 0 Å². The maximum atomic E-state index is 12.4. The number of carbonyl (C=O) groups is 1. The van der Waals surface area contributed by atoms with Gasteiger partial charge in [0.15, 0.2) is 11.6 Å². The van der Waals surface area contributed by atoms with Crippen molar-refractivity contribution in [3.05, 3.63) is 65.9 Å². The minimum atomic E-state index is -0.193. The van der Waals surface area contributed by atoms with Gasteiger partial charge in [-0.1, -0.05) is 42.5 Å². The summed E-state index contributed by atoms with van der Waals surface area (Å²) in [6, 6.07) is 14.2. The average molecular weight is 320 g/mol. The molecule has 1 unspecified atom stereocenters. The number of carbonyl (C=O) groups excluding carboxylic acids is 1. The zero-order chi connectivity index (χ0) is 16.5. The zero-order valence-electron chi connectivity index (χ0n) is 13.7. The van der Waals surface area contributed by atoms with Crippen LogP contribution in [0, 0.1) is 5.92 Å². The molecule has 1 heterocycles. The summed E-state index contributed by atoms with van der Waals surface area (Å²) >= 11 is 0. The SMILES string of the molecule is CC(NC(=O)c1coc(CC2CC2)n1)c1cccc2ccccc12. The quantitative estimate of drug-likeness (QED) is 0.763. The Morgan fingerprint density at radius 3 is 2.88 bits per heavy atom. The number of hydrogen-bond acceptors (Lipinski definition) is 3. The zero-order valence-corrected chi connectivity index (χ0v) is 13.7. The lowest BCUT2D eigenvalue weighted by molar-refractivity contribution is 0.0935. The van der Waals surface area contributed by atoms with E-state index in [1.807, 2.05) is 25.1 Å². The van der Waals surface area contributed by atoms with Crippen LogP contribution in [0.15, 0.2) is 53.1 Å². The number of hydrogen-bond donors (Lipinski definition) is 1. The van der Waals surface area contributed by atoms with Gasteiger partial charge in [-0.25, -0.2) is 4.98 Å². The number of benzene rings is 2. The monoisotopic (exact) mass is 320 g/mol. The van der Waals surface area contributed by atoms with Crippen molar-refractivity contribution in [2.75, 3.05) is 0 Å². The number of amides is 1. The van der Waals surface area contributed by atoms with Crippen molar-refractivity contribution in [1.82, 2.24) is 10.3 Å². The Bertz CT molecular complexity index is 875. The molecule has 1 N–H and O–H groups in total. The van der Waals surface area contributed by atoms with Gasteiger partial charge in [0.1, 0.15) is 6.26 Å².